The van der Waals surface area contributed by atoms with Crippen LogP contribution < -0.4 is 10.1 Å². The van der Waals surface area contributed by atoms with E-state index in [0.29, 0.717) is 43.7 Å². The second kappa shape index (κ2) is 18.3. The summed E-state index contributed by atoms with van der Waals surface area (Å²) in [5.41, 5.74) is 0.675. The van der Waals surface area contributed by atoms with Gasteiger partial charge in [0, 0.05) is 51.2 Å². The molecule has 0 saturated heterocycles. The normalized spacial score (nSPS) is 21.0. The summed E-state index contributed by atoms with van der Waals surface area (Å²) in [7, 11) is 5.32. The predicted molar refractivity (Wildman–Crippen MR) is 166 cm³/mol. The van der Waals surface area contributed by atoms with Crippen molar-refractivity contribution in [3.8, 4) is 5.75 Å². The van der Waals surface area contributed by atoms with Crippen LogP contribution >= 0.6 is 0 Å². The van der Waals surface area contributed by atoms with E-state index < -0.39 is 43.0 Å². The van der Waals surface area contributed by atoms with Gasteiger partial charge >= 0.3 is 6.18 Å². The molecular formula is C32H51F3N4O6. The topological polar surface area (TPSA) is 112 Å². The van der Waals surface area contributed by atoms with Gasteiger partial charge in [-0.3, -0.25) is 14.4 Å². The number of nitrogens with one attached hydrogen (secondary N) is 1. The van der Waals surface area contributed by atoms with Crippen LogP contribution in [-0.2, 0) is 14.3 Å². The van der Waals surface area contributed by atoms with Crippen molar-refractivity contribution in [2.24, 2.45) is 5.92 Å². The maximum Gasteiger partial charge on any atom is 0.389 e. The van der Waals surface area contributed by atoms with Crippen LogP contribution in [0.2, 0.25) is 0 Å². The lowest BCUT2D eigenvalue weighted by molar-refractivity contribution is -0.149. The van der Waals surface area contributed by atoms with E-state index in [0.717, 1.165) is 13.0 Å². The number of alkyl halides is 3. The van der Waals surface area contributed by atoms with Gasteiger partial charge in [0.1, 0.15) is 5.75 Å². The molecule has 1 aliphatic heterocycles. The summed E-state index contributed by atoms with van der Waals surface area (Å²) in [4.78, 5) is 44.0. The van der Waals surface area contributed by atoms with E-state index in [-0.39, 0.29) is 43.2 Å². The molecule has 1 aromatic rings. The fourth-order valence-electron chi connectivity index (χ4n) is 5.05. The Balaban J connectivity index is 2.37. The van der Waals surface area contributed by atoms with Gasteiger partial charge in [-0.15, -0.1) is 0 Å². The van der Waals surface area contributed by atoms with E-state index in [1.807, 2.05) is 32.8 Å². The number of carbonyl (C=O) groups excluding carboxylic acids is 3. The average molecular weight is 645 g/mol. The van der Waals surface area contributed by atoms with Crippen LogP contribution in [0.1, 0.15) is 76.1 Å². The highest BCUT2D eigenvalue weighted by Gasteiger charge is 2.32. The first-order chi connectivity index (χ1) is 21.1. The van der Waals surface area contributed by atoms with Crippen molar-refractivity contribution in [1.29, 1.82) is 0 Å². The number of halogens is 3. The summed E-state index contributed by atoms with van der Waals surface area (Å²) in [6, 6.07) is 4.35. The molecule has 3 amide bonds. The van der Waals surface area contributed by atoms with Gasteiger partial charge in [-0.05, 0) is 78.4 Å². The van der Waals surface area contributed by atoms with Crippen molar-refractivity contribution in [1.82, 2.24) is 14.7 Å². The number of anilines is 1. The van der Waals surface area contributed by atoms with Gasteiger partial charge in [0.2, 0.25) is 11.8 Å². The quantitative estimate of drug-likeness (QED) is 0.363. The van der Waals surface area contributed by atoms with Crippen LogP contribution in [0.15, 0.2) is 18.2 Å². The van der Waals surface area contributed by atoms with Gasteiger partial charge in [-0.1, -0.05) is 6.92 Å². The summed E-state index contributed by atoms with van der Waals surface area (Å²) >= 11 is 0. The molecule has 0 radical (unpaired) electrons. The van der Waals surface area contributed by atoms with Crippen LogP contribution in [0.4, 0.5) is 18.9 Å². The average Bonchev–Trinajstić information content (AvgIpc) is 2.96. The maximum absolute atomic E-state index is 14.2. The van der Waals surface area contributed by atoms with Crippen molar-refractivity contribution < 1.29 is 42.1 Å². The van der Waals surface area contributed by atoms with Gasteiger partial charge in [-0.2, -0.15) is 13.2 Å². The number of fused-ring (bicyclic) bond motifs is 1. The first-order valence-corrected chi connectivity index (χ1v) is 15.7. The Bertz CT molecular complexity index is 1100. The molecule has 1 aliphatic rings. The Kier molecular flexibility index (Phi) is 15.6. The molecule has 0 spiro atoms. The molecule has 2 N–H and O–H groups in total. The SMILES string of the molecule is C[C@@H]1CCCCO[C@H](CN(C)C(=O)CCC(F)(F)F)[C@@H](C)CN([C@@H](C)CO)C(=O)c2cc(NC(=O)CCCN(C)C)ccc2O1. The van der Waals surface area contributed by atoms with Crippen molar-refractivity contribution in [3.63, 3.8) is 0 Å². The Morgan fingerprint density at radius 1 is 1.16 bits per heavy atom. The summed E-state index contributed by atoms with van der Waals surface area (Å²) < 4.78 is 50.5. The van der Waals surface area contributed by atoms with E-state index in [9.17, 15) is 32.7 Å². The number of likely N-dealkylation sites (N-methyl/N-ethyl adjacent to an activating group) is 1. The van der Waals surface area contributed by atoms with Crippen molar-refractivity contribution in [2.45, 2.75) is 90.1 Å². The number of benzene rings is 1. The second-order valence-corrected chi connectivity index (χ2v) is 12.4. The molecule has 0 saturated carbocycles. The third-order valence-corrected chi connectivity index (χ3v) is 7.85. The summed E-state index contributed by atoms with van der Waals surface area (Å²) in [6.07, 6.45) is -3.97. The number of aliphatic hydroxyl groups excluding tert-OH is 1. The first kappa shape index (κ1) is 38.3. The van der Waals surface area contributed by atoms with Gasteiger partial charge in [0.25, 0.3) is 5.91 Å². The summed E-state index contributed by atoms with van der Waals surface area (Å²) in [6.45, 7) is 6.44. The molecule has 10 nitrogen and oxygen atoms in total. The summed E-state index contributed by atoms with van der Waals surface area (Å²) in [5.74, 6) is -1.23. The predicted octanol–water partition coefficient (Wildman–Crippen LogP) is 4.56. The summed E-state index contributed by atoms with van der Waals surface area (Å²) in [5, 5.41) is 13.0. The minimum atomic E-state index is -4.43. The van der Waals surface area contributed by atoms with Crippen molar-refractivity contribution in [3.05, 3.63) is 23.8 Å². The van der Waals surface area contributed by atoms with Crippen LogP contribution in [-0.4, -0.2) is 116 Å². The van der Waals surface area contributed by atoms with E-state index >= 15 is 0 Å². The Hall–Kier alpha value is -2.90. The number of carbonyl (C=O) groups is 3. The lowest BCUT2D eigenvalue weighted by Gasteiger charge is -2.36. The zero-order chi connectivity index (χ0) is 33.7. The second-order valence-electron chi connectivity index (χ2n) is 12.4. The third kappa shape index (κ3) is 13.5. The molecule has 256 valence electrons. The Morgan fingerprint density at radius 2 is 1.87 bits per heavy atom. The smallest absolute Gasteiger partial charge is 0.389 e. The molecule has 0 aliphatic carbocycles. The number of amides is 3. The maximum atomic E-state index is 14.2. The van der Waals surface area contributed by atoms with E-state index in [2.05, 4.69) is 5.32 Å². The molecule has 4 atom stereocenters. The first-order valence-electron chi connectivity index (χ1n) is 15.7. The third-order valence-electron chi connectivity index (χ3n) is 7.85. The van der Waals surface area contributed by atoms with Crippen LogP contribution in [0, 0.1) is 5.92 Å². The van der Waals surface area contributed by atoms with E-state index in [1.165, 1.54) is 16.8 Å². The molecule has 0 aromatic heterocycles. The van der Waals surface area contributed by atoms with Gasteiger partial charge in [-0.25, -0.2) is 0 Å². The van der Waals surface area contributed by atoms with Crippen molar-refractivity contribution in [2.75, 3.05) is 59.3 Å². The number of hydrogen-bond acceptors (Lipinski definition) is 7. The molecule has 13 heteroatoms. The van der Waals surface area contributed by atoms with Crippen LogP contribution in [0.3, 0.4) is 0 Å². The molecule has 0 unspecified atom stereocenters. The highest BCUT2D eigenvalue weighted by Crippen LogP contribution is 2.29. The number of ether oxygens (including phenoxy) is 2. The fourth-order valence-corrected chi connectivity index (χ4v) is 5.05. The molecule has 1 heterocycles. The molecule has 2 rings (SSSR count). The zero-order valence-corrected chi connectivity index (χ0v) is 27.5. The Morgan fingerprint density at radius 3 is 2.51 bits per heavy atom. The fraction of sp³-hybridized carbons (Fsp3) is 0.719. The minimum absolute atomic E-state index is 0.0491. The van der Waals surface area contributed by atoms with E-state index in [1.54, 1.807) is 25.1 Å². The molecule has 45 heavy (non-hydrogen) atoms. The highest BCUT2D eigenvalue weighted by molar-refractivity contribution is 5.99. The van der Waals surface area contributed by atoms with Crippen molar-refractivity contribution >= 4 is 23.4 Å². The van der Waals surface area contributed by atoms with Crippen LogP contribution in [0.25, 0.3) is 0 Å². The van der Waals surface area contributed by atoms with Gasteiger partial charge in [0.05, 0.1) is 36.8 Å². The minimum Gasteiger partial charge on any atom is -0.490 e. The van der Waals surface area contributed by atoms with Crippen LogP contribution in [0.5, 0.6) is 5.75 Å². The lowest BCUT2D eigenvalue weighted by atomic mass is 10.0. The van der Waals surface area contributed by atoms with E-state index in [4.69, 9.17) is 9.47 Å². The molecule has 0 fully saturated rings. The number of aliphatic hydroxyl groups is 1. The highest BCUT2D eigenvalue weighted by atomic mass is 19.4. The van der Waals surface area contributed by atoms with Gasteiger partial charge < -0.3 is 34.6 Å². The standard InChI is InChI=1S/C32H51F3N4O6/c1-22-19-39(23(2)21-40)31(43)26-18-25(36-29(41)11-9-16-37(4)5)12-13-27(26)45-24(3)10-7-8-17-44-28(22)20-38(6)30(42)14-15-32(33,34)35/h12-13,18,22-24,28,40H,7-11,14-17,19-21H2,1-6H3,(H,36,41)/t22-,23-,24+,28+/m0/s1. The van der Waals surface area contributed by atoms with Gasteiger partial charge in [0.15, 0.2) is 0 Å². The monoisotopic (exact) mass is 644 g/mol. The zero-order valence-electron chi connectivity index (χ0n) is 27.5. The number of rotatable bonds is 11. The Labute approximate surface area is 265 Å². The lowest BCUT2D eigenvalue weighted by Crippen LogP contribution is -2.48. The largest absolute Gasteiger partial charge is 0.490 e. The molecule has 1 aromatic carbocycles. The molecular weight excluding hydrogens is 593 g/mol. The number of hydrogen-bond donors (Lipinski definition) is 2. The molecule has 0 bridgehead atoms. The number of nitrogens with zero attached hydrogens (tertiary/aromatic N) is 3.